The quantitative estimate of drug-likeness (QED) is 0.315. The number of pyridine rings is 1. The van der Waals surface area contributed by atoms with Crippen LogP contribution in [0.5, 0.6) is 5.88 Å². The highest BCUT2D eigenvalue weighted by Crippen LogP contribution is 2.29. The molecule has 160 valence electrons. The van der Waals surface area contributed by atoms with E-state index in [1.54, 1.807) is 6.20 Å². The van der Waals surface area contributed by atoms with Crippen LogP contribution in [0.1, 0.15) is 57.8 Å². The van der Waals surface area contributed by atoms with Crippen molar-refractivity contribution in [2.75, 3.05) is 13.2 Å². The molecule has 8 heteroatoms. The standard InChI is InChI=1S/C21H31N5O2.HI/c1-5-22-20(26-13-19-24-12-17(28-19)21(2,3)4)25-11-16-8-9-18(23-10-16)27-14-15-6-7-15;/h8-10,12,15H,5-7,11,13-14H2,1-4H3,(H2,22,25,26);1H. The van der Waals surface area contributed by atoms with Crippen molar-refractivity contribution >= 4 is 29.9 Å². The Balaban J connectivity index is 0.00000300. The Morgan fingerprint density at radius 2 is 2.00 bits per heavy atom. The maximum atomic E-state index is 5.82. The van der Waals surface area contributed by atoms with E-state index >= 15 is 0 Å². The first-order valence-corrected chi connectivity index (χ1v) is 9.99. The molecule has 0 aliphatic heterocycles. The van der Waals surface area contributed by atoms with Crippen LogP contribution in [0.15, 0.2) is 33.9 Å². The second-order valence-electron chi connectivity index (χ2n) is 8.18. The Hall–Kier alpha value is -1.84. The third-order valence-corrected chi connectivity index (χ3v) is 4.43. The summed E-state index contributed by atoms with van der Waals surface area (Å²) in [4.78, 5) is 13.3. The lowest BCUT2D eigenvalue weighted by molar-refractivity contribution is 0.288. The first-order valence-electron chi connectivity index (χ1n) is 9.99. The van der Waals surface area contributed by atoms with Crippen LogP contribution >= 0.6 is 24.0 Å². The lowest BCUT2D eigenvalue weighted by Gasteiger charge is -2.13. The smallest absolute Gasteiger partial charge is 0.213 e. The highest BCUT2D eigenvalue weighted by atomic mass is 127. The number of hydrogen-bond donors (Lipinski definition) is 2. The van der Waals surface area contributed by atoms with Crippen molar-refractivity contribution in [3.63, 3.8) is 0 Å². The molecule has 1 aliphatic carbocycles. The van der Waals surface area contributed by atoms with Gasteiger partial charge in [-0.25, -0.2) is 15.0 Å². The van der Waals surface area contributed by atoms with Gasteiger partial charge in [0.25, 0.3) is 0 Å². The number of aliphatic imine (C=N–C) groups is 1. The molecule has 3 rings (SSSR count). The predicted molar refractivity (Wildman–Crippen MR) is 125 cm³/mol. The molecule has 1 fully saturated rings. The summed E-state index contributed by atoms with van der Waals surface area (Å²) in [6.45, 7) is 10.9. The molecule has 0 bridgehead atoms. The molecule has 0 radical (unpaired) electrons. The van der Waals surface area contributed by atoms with Gasteiger partial charge in [0.2, 0.25) is 11.8 Å². The number of nitrogens with zero attached hydrogens (tertiary/aromatic N) is 3. The number of aromatic nitrogens is 2. The van der Waals surface area contributed by atoms with E-state index in [4.69, 9.17) is 9.15 Å². The van der Waals surface area contributed by atoms with Crippen LogP contribution in [0.4, 0.5) is 0 Å². The fourth-order valence-electron chi connectivity index (χ4n) is 2.49. The molecule has 2 aromatic heterocycles. The molecule has 0 spiro atoms. The maximum absolute atomic E-state index is 5.82. The van der Waals surface area contributed by atoms with Crippen LogP contribution in [0, 0.1) is 5.92 Å². The van der Waals surface area contributed by atoms with E-state index in [0.29, 0.717) is 30.8 Å². The molecular formula is C21H32IN5O2. The van der Waals surface area contributed by atoms with Gasteiger partial charge in [0, 0.05) is 24.2 Å². The number of nitrogens with one attached hydrogen (secondary N) is 2. The number of rotatable bonds is 8. The SMILES string of the molecule is CCNC(=NCc1ccc(OCC2CC2)nc1)NCc1ncc(C(C)(C)C)o1.I. The van der Waals surface area contributed by atoms with Crippen molar-refractivity contribution in [3.05, 3.63) is 41.7 Å². The fourth-order valence-corrected chi connectivity index (χ4v) is 2.49. The van der Waals surface area contributed by atoms with E-state index < -0.39 is 0 Å². The van der Waals surface area contributed by atoms with Gasteiger partial charge in [-0.05, 0) is 31.2 Å². The van der Waals surface area contributed by atoms with Crippen LogP contribution in [0.25, 0.3) is 0 Å². The second kappa shape index (κ2) is 10.8. The van der Waals surface area contributed by atoms with Crippen molar-refractivity contribution < 1.29 is 9.15 Å². The second-order valence-corrected chi connectivity index (χ2v) is 8.18. The molecular weight excluding hydrogens is 481 g/mol. The van der Waals surface area contributed by atoms with Gasteiger partial charge in [0.05, 0.1) is 25.9 Å². The lowest BCUT2D eigenvalue weighted by Crippen LogP contribution is -2.36. The zero-order valence-electron chi connectivity index (χ0n) is 17.7. The number of ether oxygens (including phenoxy) is 1. The average molecular weight is 513 g/mol. The summed E-state index contributed by atoms with van der Waals surface area (Å²) < 4.78 is 11.5. The highest BCUT2D eigenvalue weighted by Gasteiger charge is 2.22. The summed E-state index contributed by atoms with van der Waals surface area (Å²) >= 11 is 0. The molecule has 2 N–H and O–H groups in total. The Bertz CT molecular complexity index is 779. The van der Waals surface area contributed by atoms with E-state index in [0.717, 1.165) is 30.4 Å². The van der Waals surface area contributed by atoms with Gasteiger partial charge < -0.3 is 19.8 Å². The Labute approximate surface area is 190 Å². The molecule has 1 aliphatic rings. The van der Waals surface area contributed by atoms with E-state index in [2.05, 4.69) is 46.4 Å². The molecule has 0 atom stereocenters. The molecule has 29 heavy (non-hydrogen) atoms. The molecule has 0 amide bonds. The third kappa shape index (κ3) is 7.83. The Kier molecular flexibility index (Phi) is 8.73. The van der Waals surface area contributed by atoms with Gasteiger partial charge >= 0.3 is 0 Å². The van der Waals surface area contributed by atoms with Gasteiger partial charge in [-0.3, -0.25) is 0 Å². The highest BCUT2D eigenvalue weighted by molar-refractivity contribution is 14.0. The molecule has 0 saturated heterocycles. The molecule has 7 nitrogen and oxygen atoms in total. The van der Waals surface area contributed by atoms with Crippen LogP contribution < -0.4 is 15.4 Å². The van der Waals surface area contributed by atoms with Crippen LogP contribution in [-0.4, -0.2) is 29.1 Å². The third-order valence-electron chi connectivity index (χ3n) is 4.43. The Morgan fingerprint density at radius 1 is 1.21 bits per heavy atom. The summed E-state index contributed by atoms with van der Waals surface area (Å²) in [6, 6.07) is 3.92. The van der Waals surface area contributed by atoms with Gasteiger partial charge in [-0.2, -0.15) is 0 Å². The van der Waals surface area contributed by atoms with Gasteiger partial charge in [-0.1, -0.05) is 26.8 Å². The van der Waals surface area contributed by atoms with Gasteiger partial charge in [0.15, 0.2) is 5.96 Å². The van der Waals surface area contributed by atoms with Crippen LogP contribution in [0.2, 0.25) is 0 Å². The summed E-state index contributed by atoms with van der Waals surface area (Å²) in [7, 11) is 0. The first-order chi connectivity index (χ1) is 13.4. The van der Waals surface area contributed by atoms with Crippen molar-refractivity contribution in [3.8, 4) is 5.88 Å². The number of oxazole rings is 1. The number of halogens is 1. The van der Waals surface area contributed by atoms with E-state index in [-0.39, 0.29) is 29.4 Å². The molecule has 1 saturated carbocycles. The molecule has 2 aromatic rings. The first kappa shape index (κ1) is 23.4. The minimum atomic E-state index is -0.0502. The van der Waals surface area contributed by atoms with Crippen molar-refractivity contribution in [2.24, 2.45) is 10.9 Å². The molecule has 0 unspecified atom stereocenters. The summed E-state index contributed by atoms with van der Waals surface area (Å²) in [5.41, 5.74) is 0.980. The number of hydrogen-bond acceptors (Lipinski definition) is 5. The lowest BCUT2D eigenvalue weighted by atomic mass is 9.94. The average Bonchev–Trinajstić information content (AvgIpc) is 3.37. The minimum absolute atomic E-state index is 0. The van der Waals surface area contributed by atoms with Crippen molar-refractivity contribution in [2.45, 2.75) is 59.0 Å². The monoisotopic (exact) mass is 513 g/mol. The van der Waals surface area contributed by atoms with Crippen molar-refractivity contribution in [1.29, 1.82) is 0 Å². The number of guanidine groups is 1. The van der Waals surface area contributed by atoms with Gasteiger partial charge in [-0.15, -0.1) is 24.0 Å². The van der Waals surface area contributed by atoms with E-state index in [1.165, 1.54) is 12.8 Å². The fraction of sp³-hybridized carbons (Fsp3) is 0.571. The summed E-state index contributed by atoms with van der Waals surface area (Å²) in [5.74, 6) is 3.65. The predicted octanol–water partition coefficient (Wildman–Crippen LogP) is 4.03. The summed E-state index contributed by atoms with van der Waals surface area (Å²) in [6.07, 6.45) is 6.16. The minimum Gasteiger partial charge on any atom is -0.477 e. The van der Waals surface area contributed by atoms with Gasteiger partial charge in [0.1, 0.15) is 5.76 Å². The largest absolute Gasteiger partial charge is 0.477 e. The maximum Gasteiger partial charge on any atom is 0.213 e. The summed E-state index contributed by atoms with van der Waals surface area (Å²) in [5, 5.41) is 6.50. The van der Waals surface area contributed by atoms with E-state index in [1.807, 2.05) is 25.3 Å². The topological polar surface area (TPSA) is 84.6 Å². The Morgan fingerprint density at radius 3 is 2.59 bits per heavy atom. The molecule has 0 aromatic carbocycles. The zero-order chi connectivity index (χ0) is 20.0. The van der Waals surface area contributed by atoms with Crippen LogP contribution in [0.3, 0.4) is 0 Å². The van der Waals surface area contributed by atoms with Crippen molar-refractivity contribution in [1.82, 2.24) is 20.6 Å². The zero-order valence-corrected chi connectivity index (χ0v) is 20.0. The van der Waals surface area contributed by atoms with Crippen LogP contribution in [-0.2, 0) is 18.5 Å². The normalized spacial score (nSPS) is 14.3. The molecule has 2 heterocycles. The van der Waals surface area contributed by atoms with E-state index in [9.17, 15) is 0 Å².